The third-order valence-electron chi connectivity index (χ3n) is 4.21. The molecule has 0 spiro atoms. The van der Waals surface area contributed by atoms with Crippen LogP contribution >= 0.6 is 0 Å². The van der Waals surface area contributed by atoms with E-state index in [9.17, 15) is 28.8 Å². The quantitative estimate of drug-likeness (QED) is 0.0785. The zero-order valence-electron chi connectivity index (χ0n) is 19.7. The Hall–Kier alpha value is -4.25. The minimum atomic E-state index is -0.673. The number of aldehydes is 1. The van der Waals surface area contributed by atoms with Gasteiger partial charge in [0.15, 0.2) is 0 Å². The number of carbonyl (C=O) groups excluding carboxylic acids is 6. The predicted octanol–water partition coefficient (Wildman–Crippen LogP) is 1.55. The van der Waals surface area contributed by atoms with Crippen LogP contribution in [0.1, 0.15) is 46.4 Å². The lowest BCUT2D eigenvalue weighted by Crippen LogP contribution is -2.27. The van der Waals surface area contributed by atoms with Crippen molar-refractivity contribution in [3.8, 4) is 0 Å². The molecule has 0 aromatic heterocycles. The van der Waals surface area contributed by atoms with Crippen LogP contribution in [-0.2, 0) is 28.5 Å². The molecule has 13 heteroatoms. The van der Waals surface area contributed by atoms with Crippen LogP contribution in [0, 0.1) is 0 Å². The molecule has 0 aliphatic rings. The second-order valence-corrected chi connectivity index (χ2v) is 6.96. The van der Waals surface area contributed by atoms with Gasteiger partial charge in [-0.3, -0.25) is 0 Å². The van der Waals surface area contributed by atoms with Crippen LogP contribution in [0.3, 0.4) is 0 Å². The van der Waals surface area contributed by atoms with Crippen molar-refractivity contribution in [2.24, 2.45) is 4.99 Å². The largest absolute Gasteiger partial charge is 0.462 e. The Balaban J connectivity index is 2.19. The highest BCUT2D eigenvalue weighted by atomic mass is 16.6. The van der Waals surface area contributed by atoms with Crippen LogP contribution in [0.15, 0.2) is 29.3 Å². The number of amides is 2. The maximum absolute atomic E-state index is 12.1. The van der Waals surface area contributed by atoms with Gasteiger partial charge in [-0.25, -0.2) is 29.0 Å². The monoisotopic (exact) mass is 507 g/mol. The number of rotatable bonds is 17. The van der Waals surface area contributed by atoms with E-state index in [0.717, 1.165) is 6.29 Å². The number of unbranched alkanes of at least 4 members (excludes halogenated alkanes) is 1. The van der Waals surface area contributed by atoms with E-state index in [4.69, 9.17) is 18.9 Å². The smallest absolute Gasteiger partial charge is 0.407 e. The first kappa shape index (κ1) is 29.8. The molecule has 2 N–H and O–H groups in total. The van der Waals surface area contributed by atoms with Crippen molar-refractivity contribution in [3.63, 3.8) is 0 Å². The summed E-state index contributed by atoms with van der Waals surface area (Å²) in [4.78, 5) is 70.4. The summed E-state index contributed by atoms with van der Waals surface area (Å²) in [7, 11) is 0. The molecule has 0 bridgehead atoms. The lowest BCUT2D eigenvalue weighted by molar-refractivity contribution is -0.107. The molecule has 0 fully saturated rings. The average molecular weight is 507 g/mol. The first-order valence-corrected chi connectivity index (χ1v) is 11.2. The molecular formula is C23H29N3O10. The van der Waals surface area contributed by atoms with Gasteiger partial charge >= 0.3 is 24.1 Å². The first-order valence-electron chi connectivity index (χ1n) is 11.2. The molecule has 0 saturated carbocycles. The number of benzene rings is 1. The van der Waals surface area contributed by atoms with Gasteiger partial charge in [0.25, 0.3) is 0 Å². The standard InChI is InChI=1S/C23H29N3O10/c27-12-2-1-10-25-23(32)36-16-15-34-21(30)19-7-5-18(6-8-19)20(29)33-13-4-14-35-22(31)26-11-3-9-24-17-28/h5-8,12H,1-4,9-11,13-16H2,(H,25,32)(H,26,31). The molecule has 1 aromatic carbocycles. The van der Waals surface area contributed by atoms with E-state index in [2.05, 4.69) is 15.6 Å². The number of nitrogens with one attached hydrogen (secondary N) is 2. The van der Waals surface area contributed by atoms with Crippen LogP contribution in [0.4, 0.5) is 9.59 Å². The summed E-state index contributed by atoms with van der Waals surface area (Å²) >= 11 is 0. The van der Waals surface area contributed by atoms with Crippen molar-refractivity contribution in [2.75, 3.05) is 46.1 Å². The molecule has 0 heterocycles. The zero-order chi connectivity index (χ0) is 26.4. The summed E-state index contributed by atoms with van der Waals surface area (Å²) in [5.74, 6) is -1.26. The van der Waals surface area contributed by atoms with Gasteiger partial charge in [-0.2, -0.15) is 0 Å². The second kappa shape index (κ2) is 19.1. The molecule has 0 radical (unpaired) electrons. The molecule has 36 heavy (non-hydrogen) atoms. The minimum absolute atomic E-state index is 0.0224. The highest BCUT2D eigenvalue weighted by molar-refractivity contribution is 5.93. The Kier molecular flexibility index (Phi) is 15.8. The fourth-order valence-corrected chi connectivity index (χ4v) is 2.44. The average Bonchev–Trinajstić information content (AvgIpc) is 2.88. The van der Waals surface area contributed by atoms with Crippen molar-refractivity contribution >= 4 is 36.5 Å². The van der Waals surface area contributed by atoms with Gasteiger partial charge in [-0.05, 0) is 37.1 Å². The van der Waals surface area contributed by atoms with Crippen LogP contribution in [0.25, 0.3) is 0 Å². The van der Waals surface area contributed by atoms with Gasteiger partial charge in [0.2, 0.25) is 6.08 Å². The first-order chi connectivity index (χ1) is 17.5. The van der Waals surface area contributed by atoms with Gasteiger partial charge in [0.1, 0.15) is 19.5 Å². The molecule has 13 nitrogen and oxygen atoms in total. The summed E-state index contributed by atoms with van der Waals surface area (Å²) in [5, 5.41) is 4.93. The van der Waals surface area contributed by atoms with Crippen molar-refractivity contribution in [2.45, 2.75) is 25.7 Å². The summed E-state index contributed by atoms with van der Waals surface area (Å²) in [6, 6.07) is 5.60. The number of ether oxygens (including phenoxy) is 4. The van der Waals surface area contributed by atoms with Crippen molar-refractivity contribution in [1.82, 2.24) is 10.6 Å². The third-order valence-corrected chi connectivity index (χ3v) is 4.21. The Morgan fingerprint density at radius 3 is 1.83 bits per heavy atom. The lowest BCUT2D eigenvalue weighted by Gasteiger charge is -2.08. The number of carbonyl (C=O) groups is 5. The Labute approximate surface area is 207 Å². The Bertz CT molecular complexity index is 898. The van der Waals surface area contributed by atoms with Crippen LogP contribution in [-0.4, -0.2) is 82.6 Å². The normalized spacial score (nSPS) is 9.78. The summed E-state index contributed by atoms with van der Waals surface area (Å²) in [5.41, 5.74) is 0.417. The SMILES string of the molecule is O=C=NCCCNC(=O)OCCCOC(=O)c1ccc(C(=O)OCCOC(=O)NCCCC=O)cc1. The number of nitrogens with zero attached hydrogens (tertiary/aromatic N) is 1. The summed E-state index contributed by atoms with van der Waals surface area (Å²) in [6.07, 6.45) is 2.47. The Morgan fingerprint density at radius 1 is 0.750 bits per heavy atom. The molecule has 0 atom stereocenters. The summed E-state index contributed by atoms with van der Waals surface area (Å²) < 4.78 is 19.8. The third kappa shape index (κ3) is 14.1. The van der Waals surface area contributed by atoms with Crippen molar-refractivity contribution < 1.29 is 47.7 Å². The number of hydrogen-bond acceptors (Lipinski definition) is 11. The van der Waals surface area contributed by atoms with Crippen molar-refractivity contribution in [3.05, 3.63) is 35.4 Å². The molecule has 0 aliphatic heterocycles. The van der Waals surface area contributed by atoms with Gasteiger partial charge in [-0.15, -0.1) is 0 Å². The highest BCUT2D eigenvalue weighted by Crippen LogP contribution is 2.08. The molecular weight excluding hydrogens is 478 g/mol. The maximum atomic E-state index is 12.1. The second-order valence-electron chi connectivity index (χ2n) is 6.96. The van der Waals surface area contributed by atoms with E-state index in [-0.39, 0.29) is 50.5 Å². The molecule has 1 aromatic rings. The van der Waals surface area contributed by atoms with Crippen molar-refractivity contribution in [1.29, 1.82) is 0 Å². The minimum Gasteiger partial charge on any atom is -0.462 e. The van der Waals surface area contributed by atoms with Crippen LogP contribution in [0.2, 0.25) is 0 Å². The van der Waals surface area contributed by atoms with E-state index in [1.807, 2.05) is 0 Å². The van der Waals surface area contributed by atoms with Gasteiger partial charge < -0.3 is 34.4 Å². The zero-order valence-corrected chi connectivity index (χ0v) is 19.7. The van der Waals surface area contributed by atoms with E-state index in [1.54, 1.807) is 0 Å². The fraction of sp³-hybridized carbons (Fsp3) is 0.478. The number of aliphatic imine (C=N–C) groups is 1. The number of hydrogen-bond donors (Lipinski definition) is 2. The fourth-order valence-electron chi connectivity index (χ4n) is 2.44. The molecule has 0 unspecified atom stereocenters. The van der Waals surface area contributed by atoms with E-state index in [1.165, 1.54) is 30.3 Å². The maximum Gasteiger partial charge on any atom is 0.407 e. The predicted molar refractivity (Wildman–Crippen MR) is 123 cm³/mol. The molecule has 0 aliphatic carbocycles. The molecule has 2 amide bonds. The number of esters is 2. The topological polar surface area (TPSA) is 176 Å². The van der Waals surface area contributed by atoms with E-state index in [0.29, 0.717) is 32.4 Å². The number of isocyanates is 1. The van der Waals surface area contributed by atoms with Crippen LogP contribution < -0.4 is 10.6 Å². The molecule has 196 valence electrons. The summed E-state index contributed by atoms with van der Waals surface area (Å²) in [6.45, 7) is 0.645. The lowest BCUT2D eigenvalue weighted by atomic mass is 10.1. The molecule has 0 saturated heterocycles. The molecule has 1 rings (SSSR count). The number of alkyl carbamates (subject to hydrolysis) is 2. The van der Waals surface area contributed by atoms with E-state index >= 15 is 0 Å². The Morgan fingerprint density at radius 2 is 1.25 bits per heavy atom. The van der Waals surface area contributed by atoms with Crippen LogP contribution in [0.5, 0.6) is 0 Å². The van der Waals surface area contributed by atoms with Gasteiger partial charge in [-0.1, -0.05) is 0 Å². The van der Waals surface area contributed by atoms with E-state index < -0.39 is 24.1 Å². The van der Waals surface area contributed by atoms with Gasteiger partial charge in [0.05, 0.1) is 30.9 Å². The highest BCUT2D eigenvalue weighted by Gasteiger charge is 2.12. The van der Waals surface area contributed by atoms with Gasteiger partial charge in [0, 0.05) is 25.9 Å².